The summed E-state index contributed by atoms with van der Waals surface area (Å²) >= 11 is 10.3. The number of benzene rings is 1. The third-order valence-corrected chi connectivity index (χ3v) is 3.04. The van der Waals surface area contributed by atoms with Crippen molar-refractivity contribution in [1.29, 1.82) is 0 Å². The molecule has 0 unspecified atom stereocenters. The van der Waals surface area contributed by atoms with Crippen LogP contribution in [0.4, 0.5) is 0 Å². The average Bonchev–Trinajstić information content (AvgIpc) is 2.35. The number of aryl methyl sites for hydroxylation is 1. The molecule has 0 aliphatic heterocycles. The molecule has 0 saturated carbocycles. The Bertz CT molecular complexity index is 383. The maximum atomic E-state index is 6.14. The Morgan fingerprint density at radius 3 is 2.12 bits per heavy atom. The van der Waals surface area contributed by atoms with Crippen LogP contribution in [-0.4, -0.2) is 27.1 Å². The average molecular weight is 277 g/mol. The summed E-state index contributed by atoms with van der Waals surface area (Å²) in [7, 11) is 4.73. The molecule has 0 amide bonds. The van der Waals surface area contributed by atoms with Gasteiger partial charge in [0.2, 0.25) is 5.75 Å². The van der Waals surface area contributed by atoms with Crippen molar-refractivity contribution < 1.29 is 14.2 Å². The number of ether oxygens (including phenoxy) is 3. The Labute approximate surface area is 112 Å². The summed E-state index contributed by atoms with van der Waals surface area (Å²) in [6, 6.07) is 1.85. The van der Waals surface area contributed by atoms with Crippen LogP contribution in [0.25, 0.3) is 0 Å². The zero-order valence-electron chi connectivity index (χ0n) is 10.2. The van der Waals surface area contributed by atoms with Gasteiger partial charge in [-0.25, -0.2) is 0 Å². The number of methoxy groups -OCH3 is 3. The second-order valence-corrected chi connectivity index (χ2v) is 4.30. The lowest BCUT2D eigenvalue weighted by atomic mass is 10.1. The first-order valence-corrected chi connectivity index (χ1v) is 6.28. The molecule has 0 fully saturated rings. The molecule has 0 radical (unpaired) electrons. The van der Waals surface area contributed by atoms with Gasteiger partial charge in [-0.2, -0.15) is 12.6 Å². The van der Waals surface area contributed by atoms with Crippen LogP contribution in [0, 0.1) is 0 Å². The first kappa shape index (κ1) is 14.3. The Kier molecular flexibility index (Phi) is 5.78. The molecule has 1 rings (SSSR count). The monoisotopic (exact) mass is 276 g/mol. The molecule has 17 heavy (non-hydrogen) atoms. The van der Waals surface area contributed by atoms with Gasteiger partial charge in [0.05, 0.1) is 26.4 Å². The largest absolute Gasteiger partial charge is 0.492 e. The molecule has 96 valence electrons. The fraction of sp³-hybridized carbons (Fsp3) is 0.500. The van der Waals surface area contributed by atoms with E-state index < -0.39 is 0 Å². The van der Waals surface area contributed by atoms with Crippen LogP contribution in [0.3, 0.4) is 0 Å². The third kappa shape index (κ3) is 3.13. The molecular weight excluding hydrogens is 260 g/mol. The SMILES string of the molecule is COc1c(Cl)cc(CCCS)c(OC)c1OC. The van der Waals surface area contributed by atoms with Crippen molar-refractivity contribution in [1.82, 2.24) is 0 Å². The van der Waals surface area contributed by atoms with E-state index in [1.54, 1.807) is 21.3 Å². The smallest absolute Gasteiger partial charge is 0.205 e. The molecule has 0 aliphatic rings. The summed E-state index contributed by atoms with van der Waals surface area (Å²) in [6.07, 6.45) is 1.79. The molecule has 5 heteroatoms. The van der Waals surface area contributed by atoms with E-state index in [1.807, 2.05) is 6.07 Å². The van der Waals surface area contributed by atoms with E-state index in [0.717, 1.165) is 24.2 Å². The molecule has 1 aromatic rings. The third-order valence-electron chi connectivity index (χ3n) is 2.44. The van der Waals surface area contributed by atoms with Gasteiger partial charge in [-0.15, -0.1) is 0 Å². The van der Waals surface area contributed by atoms with Crippen LogP contribution in [0.15, 0.2) is 6.07 Å². The molecule has 0 aliphatic carbocycles. The van der Waals surface area contributed by atoms with Crippen LogP contribution in [0.2, 0.25) is 5.02 Å². The number of hydrogen-bond donors (Lipinski definition) is 1. The summed E-state index contributed by atoms with van der Waals surface area (Å²) in [5, 5.41) is 0.527. The number of halogens is 1. The van der Waals surface area contributed by atoms with Gasteiger partial charge >= 0.3 is 0 Å². The quantitative estimate of drug-likeness (QED) is 0.809. The molecule has 0 heterocycles. The molecule has 0 atom stereocenters. The van der Waals surface area contributed by atoms with Crippen molar-refractivity contribution in [3.63, 3.8) is 0 Å². The fourth-order valence-corrected chi connectivity index (χ4v) is 2.15. The minimum Gasteiger partial charge on any atom is -0.492 e. The highest BCUT2D eigenvalue weighted by atomic mass is 35.5. The van der Waals surface area contributed by atoms with E-state index in [9.17, 15) is 0 Å². The van der Waals surface area contributed by atoms with E-state index in [1.165, 1.54) is 0 Å². The van der Waals surface area contributed by atoms with Crippen molar-refractivity contribution in [2.45, 2.75) is 12.8 Å². The maximum Gasteiger partial charge on any atom is 0.205 e. The summed E-state index contributed by atoms with van der Waals surface area (Å²) in [5.74, 6) is 2.53. The number of thiol groups is 1. The van der Waals surface area contributed by atoms with Gasteiger partial charge in [-0.1, -0.05) is 11.6 Å². The van der Waals surface area contributed by atoms with Gasteiger partial charge in [-0.05, 0) is 30.2 Å². The highest BCUT2D eigenvalue weighted by molar-refractivity contribution is 7.80. The van der Waals surface area contributed by atoms with Crippen LogP contribution >= 0.6 is 24.2 Å². The topological polar surface area (TPSA) is 27.7 Å². The molecule has 1 aromatic carbocycles. The van der Waals surface area contributed by atoms with Crippen LogP contribution in [0.1, 0.15) is 12.0 Å². The second kappa shape index (κ2) is 6.87. The molecule has 0 saturated heterocycles. The molecule has 0 bridgehead atoms. The van der Waals surface area contributed by atoms with E-state index in [2.05, 4.69) is 12.6 Å². The molecular formula is C12H17ClO3S. The van der Waals surface area contributed by atoms with E-state index in [0.29, 0.717) is 22.3 Å². The fourth-order valence-electron chi connectivity index (χ4n) is 1.70. The Balaban J connectivity index is 3.26. The van der Waals surface area contributed by atoms with E-state index in [4.69, 9.17) is 25.8 Å². The lowest BCUT2D eigenvalue weighted by Crippen LogP contribution is -2.00. The molecule has 3 nitrogen and oxygen atoms in total. The lowest BCUT2D eigenvalue weighted by Gasteiger charge is -2.17. The number of hydrogen-bond acceptors (Lipinski definition) is 4. The minimum atomic E-state index is 0.501. The van der Waals surface area contributed by atoms with Gasteiger partial charge in [0.15, 0.2) is 11.5 Å². The van der Waals surface area contributed by atoms with Gasteiger partial charge in [0.25, 0.3) is 0 Å². The van der Waals surface area contributed by atoms with Crippen molar-refractivity contribution in [2.24, 2.45) is 0 Å². The Morgan fingerprint density at radius 2 is 1.65 bits per heavy atom. The normalized spacial score (nSPS) is 10.2. The van der Waals surface area contributed by atoms with Gasteiger partial charge in [0.1, 0.15) is 0 Å². The predicted octanol–water partition coefficient (Wildman–Crippen LogP) is 3.23. The van der Waals surface area contributed by atoms with Crippen LogP contribution in [0.5, 0.6) is 17.2 Å². The molecule has 0 spiro atoms. The van der Waals surface area contributed by atoms with Crippen LogP contribution in [-0.2, 0) is 6.42 Å². The highest BCUT2D eigenvalue weighted by Crippen LogP contribution is 2.45. The summed E-state index contributed by atoms with van der Waals surface area (Å²) in [5.41, 5.74) is 1.00. The molecule has 0 N–H and O–H groups in total. The van der Waals surface area contributed by atoms with E-state index in [-0.39, 0.29) is 0 Å². The summed E-state index contributed by atoms with van der Waals surface area (Å²) < 4.78 is 15.9. The zero-order valence-corrected chi connectivity index (χ0v) is 11.9. The van der Waals surface area contributed by atoms with Crippen LogP contribution < -0.4 is 14.2 Å². The first-order valence-electron chi connectivity index (χ1n) is 5.27. The standard InChI is InChI=1S/C12H17ClO3S/c1-14-10-8(5-4-6-17)7-9(13)11(15-2)12(10)16-3/h7,17H,4-6H2,1-3H3. The minimum absolute atomic E-state index is 0.501. The van der Waals surface area contributed by atoms with Crippen molar-refractivity contribution in [3.8, 4) is 17.2 Å². The Hall–Kier alpha value is -0.740. The van der Waals surface area contributed by atoms with E-state index >= 15 is 0 Å². The predicted molar refractivity (Wildman–Crippen MR) is 73.3 cm³/mol. The zero-order chi connectivity index (χ0) is 12.8. The van der Waals surface area contributed by atoms with Gasteiger partial charge in [0, 0.05) is 0 Å². The lowest BCUT2D eigenvalue weighted by molar-refractivity contribution is 0.322. The van der Waals surface area contributed by atoms with Gasteiger partial charge in [-0.3, -0.25) is 0 Å². The maximum absolute atomic E-state index is 6.14. The second-order valence-electron chi connectivity index (χ2n) is 3.44. The van der Waals surface area contributed by atoms with Crippen molar-refractivity contribution in [2.75, 3.05) is 27.1 Å². The Morgan fingerprint density at radius 1 is 1.06 bits per heavy atom. The van der Waals surface area contributed by atoms with Crippen molar-refractivity contribution >= 4 is 24.2 Å². The van der Waals surface area contributed by atoms with Crippen molar-refractivity contribution in [3.05, 3.63) is 16.7 Å². The highest BCUT2D eigenvalue weighted by Gasteiger charge is 2.19. The molecule has 0 aromatic heterocycles. The number of rotatable bonds is 6. The summed E-state index contributed by atoms with van der Waals surface area (Å²) in [4.78, 5) is 0. The first-order chi connectivity index (χ1) is 8.19. The summed E-state index contributed by atoms with van der Waals surface area (Å²) in [6.45, 7) is 0. The van der Waals surface area contributed by atoms with Gasteiger partial charge < -0.3 is 14.2 Å².